The maximum Gasteiger partial charge on any atom is 0.226 e. The predicted molar refractivity (Wildman–Crippen MR) is 112 cm³/mol. The second kappa shape index (κ2) is 9.00. The Labute approximate surface area is 177 Å². The molecule has 0 spiro atoms. The molecule has 29 heavy (non-hydrogen) atoms. The second-order valence-electron chi connectivity index (χ2n) is 9.68. The van der Waals surface area contributed by atoms with Gasteiger partial charge in [-0.1, -0.05) is 13.8 Å². The Kier molecular flexibility index (Phi) is 6.59. The molecule has 162 valence electrons. The van der Waals surface area contributed by atoms with E-state index in [4.69, 9.17) is 9.78 Å². The number of amides is 1. The number of anilines is 1. The van der Waals surface area contributed by atoms with Gasteiger partial charge in [-0.15, -0.1) is 11.3 Å². The van der Waals surface area contributed by atoms with Crippen LogP contribution in [0, 0.1) is 29.6 Å². The lowest BCUT2D eigenvalue weighted by atomic mass is 9.62. The molecule has 3 aliphatic rings. The molecular weight excluding hydrogens is 388 g/mol. The molecule has 0 radical (unpaired) electrons. The molecule has 1 amide bonds. The van der Waals surface area contributed by atoms with Gasteiger partial charge in [0.2, 0.25) is 11.7 Å². The van der Waals surface area contributed by atoms with Crippen LogP contribution >= 0.6 is 11.3 Å². The summed E-state index contributed by atoms with van der Waals surface area (Å²) in [6.45, 7) is 4.37. The summed E-state index contributed by atoms with van der Waals surface area (Å²) in [6, 6.07) is 0. The standard InChI is InChI=1S/C22H34N2O4S/c1-14-9-17-11-15(2)22(26,18(10-14)12-17)28-27-19-5-3-16(4-6-19)13-20(25)24-21-23-7-8-29-21/h7-8,14-19,26H,3-6,9-13H2,1-2H3,(H,23,24,25). The number of nitrogens with zero attached hydrogens (tertiary/aromatic N) is 1. The Balaban J connectivity index is 1.22. The Hall–Kier alpha value is -1.02. The molecule has 0 saturated heterocycles. The SMILES string of the molecule is CC1CC2CC(C)C(O)(OOC3CCC(CC(=O)Nc4nccs4)CC3)C(C1)C2. The number of aromatic nitrogens is 1. The normalized spacial score (nSPS) is 39.8. The van der Waals surface area contributed by atoms with Crippen LogP contribution in [-0.4, -0.2) is 27.9 Å². The Morgan fingerprint density at radius 2 is 2.03 bits per heavy atom. The highest BCUT2D eigenvalue weighted by Crippen LogP contribution is 2.50. The highest BCUT2D eigenvalue weighted by molar-refractivity contribution is 7.13. The number of hydrogen-bond acceptors (Lipinski definition) is 6. The smallest absolute Gasteiger partial charge is 0.226 e. The van der Waals surface area contributed by atoms with Crippen LogP contribution in [0.2, 0.25) is 0 Å². The fourth-order valence-corrected chi connectivity index (χ4v) is 6.34. The molecule has 5 atom stereocenters. The lowest BCUT2D eigenvalue weighted by molar-refractivity contribution is -0.472. The second-order valence-corrected chi connectivity index (χ2v) is 10.6. The zero-order valence-corrected chi connectivity index (χ0v) is 18.3. The highest BCUT2D eigenvalue weighted by Gasteiger charge is 2.52. The van der Waals surface area contributed by atoms with Crippen LogP contribution in [0.15, 0.2) is 11.6 Å². The lowest BCUT2D eigenvalue weighted by Gasteiger charge is -2.50. The van der Waals surface area contributed by atoms with Crippen LogP contribution < -0.4 is 5.32 Å². The van der Waals surface area contributed by atoms with Crippen molar-refractivity contribution in [2.75, 3.05) is 5.32 Å². The first kappa shape index (κ1) is 21.2. The monoisotopic (exact) mass is 422 g/mol. The van der Waals surface area contributed by atoms with Crippen molar-refractivity contribution in [3.63, 3.8) is 0 Å². The maximum absolute atomic E-state index is 12.2. The minimum absolute atomic E-state index is 0.00300. The summed E-state index contributed by atoms with van der Waals surface area (Å²) < 4.78 is 0. The van der Waals surface area contributed by atoms with Crippen LogP contribution in [0.4, 0.5) is 5.13 Å². The van der Waals surface area contributed by atoms with E-state index in [-0.39, 0.29) is 23.8 Å². The first-order valence-electron chi connectivity index (χ1n) is 11.2. The number of fused-ring (bicyclic) bond motifs is 2. The topological polar surface area (TPSA) is 80.7 Å². The summed E-state index contributed by atoms with van der Waals surface area (Å²) in [4.78, 5) is 27.9. The van der Waals surface area contributed by atoms with Crippen molar-refractivity contribution in [2.24, 2.45) is 29.6 Å². The van der Waals surface area contributed by atoms with Gasteiger partial charge in [0.05, 0.1) is 6.10 Å². The molecule has 4 rings (SSSR count). The zero-order chi connectivity index (χ0) is 20.4. The van der Waals surface area contributed by atoms with E-state index in [0.29, 0.717) is 29.3 Å². The fraction of sp³-hybridized carbons (Fsp3) is 0.818. The van der Waals surface area contributed by atoms with E-state index in [1.807, 2.05) is 5.38 Å². The summed E-state index contributed by atoms with van der Waals surface area (Å²) in [5.74, 6) is 0.880. The average Bonchev–Trinajstić information content (AvgIpc) is 3.18. The van der Waals surface area contributed by atoms with E-state index in [1.54, 1.807) is 6.20 Å². The molecule has 3 fully saturated rings. The molecule has 7 heteroatoms. The van der Waals surface area contributed by atoms with Gasteiger partial charge in [0, 0.05) is 29.8 Å². The largest absolute Gasteiger partial charge is 0.363 e. The average molecular weight is 423 g/mol. The third-order valence-corrected chi connectivity index (χ3v) is 7.97. The number of rotatable bonds is 6. The summed E-state index contributed by atoms with van der Waals surface area (Å²) >= 11 is 1.44. The third kappa shape index (κ3) is 5.01. The van der Waals surface area contributed by atoms with Crippen molar-refractivity contribution in [2.45, 2.75) is 83.5 Å². The molecule has 2 bridgehead atoms. The van der Waals surface area contributed by atoms with Gasteiger partial charge in [-0.3, -0.25) is 4.79 Å². The van der Waals surface area contributed by atoms with Crippen molar-refractivity contribution in [3.05, 3.63) is 11.6 Å². The van der Waals surface area contributed by atoms with Gasteiger partial charge in [0.15, 0.2) is 5.13 Å². The molecule has 0 aliphatic heterocycles. The maximum atomic E-state index is 12.2. The van der Waals surface area contributed by atoms with Crippen molar-refractivity contribution >= 4 is 22.4 Å². The number of aliphatic hydroxyl groups is 1. The van der Waals surface area contributed by atoms with E-state index in [0.717, 1.165) is 44.9 Å². The molecular formula is C22H34N2O4S. The molecule has 1 heterocycles. The first-order valence-corrected chi connectivity index (χ1v) is 12.1. The lowest BCUT2D eigenvalue weighted by Crippen LogP contribution is -2.54. The molecule has 3 saturated carbocycles. The van der Waals surface area contributed by atoms with Crippen molar-refractivity contribution < 1.29 is 19.7 Å². The minimum atomic E-state index is -1.16. The zero-order valence-electron chi connectivity index (χ0n) is 17.5. The van der Waals surface area contributed by atoms with Gasteiger partial charge in [-0.2, -0.15) is 0 Å². The van der Waals surface area contributed by atoms with E-state index in [9.17, 15) is 9.90 Å². The number of thiazole rings is 1. The summed E-state index contributed by atoms with van der Waals surface area (Å²) in [6.07, 6.45) is 10.2. The quantitative estimate of drug-likeness (QED) is 0.392. The van der Waals surface area contributed by atoms with E-state index in [2.05, 4.69) is 24.1 Å². The van der Waals surface area contributed by atoms with Gasteiger partial charge >= 0.3 is 0 Å². The van der Waals surface area contributed by atoms with Crippen LogP contribution in [0.3, 0.4) is 0 Å². The Morgan fingerprint density at radius 3 is 2.76 bits per heavy atom. The van der Waals surface area contributed by atoms with Crippen molar-refractivity contribution in [1.29, 1.82) is 0 Å². The number of hydrogen-bond donors (Lipinski definition) is 2. The summed E-state index contributed by atoms with van der Waals surface area (Å²) in [7, 11) is 0. The van der Waals surface area contributed by atoms with Gasteiger partial charge in [0.1, 0.15) is 0 Å². The number of carbonyl (C=O) groups is 1. The summed E-state index contributed by atoms with van der Waals surface area (Å²) in [5, 5.41) is 16.7. The number of carbonyl (C=O) groups excluding carboxylic acids is 1. The van der Waals surface area contributed by atoms with E-state index >= 15 is 0 Å². The van der Waals surface area contributed by atoms with Crippen LogP contribution in [-0.2, 0) is 14.6 Å². The van der Waals surface area contributed by atoms with Crippen LogP contribution in [0.5, 0.6) is 0 Å². The Morgan fingerprint density at radius 1 is 1.24 bits per heavy atom. The molecule has 3 aliphatic carbocycles. The first-order chi connectivity index (χ1) is 13.9. The third-order valence-electron chi connectivity index (χ3n) is 7.28. The van der Waals surface area contributed by atoms with Gasteiger partial charge in [-0.05, 0) is 69.1 Å². The summed E-state index contributed by atoms with van der Waals surface area (Å²) in [5.41, 5.74) is 0. The molecule has 5 unspecified atom stereocenters. The predicted octanol–water partition coefficient (Wildman–Crippen LogP) is 4.76. The minimum Gasteiger partial charge on any atom is -0.363 e. The highest BCUT2D eigenvalue weighted by atomic mass is 32.1. The Bertz CT molecular complexity index is 672. The van der Waals surface area contributed by atoms with Gasteiger partial charge in [-0.25, -0.2) is 14.8 Å². The van der Waals surface area contributed by atoms with Crippen molar-refractivity contribution in [1.82, 2.24) is 4.98 Å². The molecule has 2 N–H and O–H groups in total. The van der Waals surface area contributed by atoms with Gasteiger partial charge < -0.3 is 10.4 Å². The molecule has 1 aromatic heterocycles. The fourth-order valence-electron chi connectivity index (χ4n) is 5.79. The van der Waals surface area contributed by atoms with E-state index in [1.165, 1.54) is 17.8 Å². The van der Waals surface area contributed by atoms with Crippen LogP contribution in [0.25, 0.3) is 0 Å². The van der Waals surface area contributed by atoms with E-state index < -0.39 is 5.79 Å². The van der Waals surface area contributed by atoms with Gasteiger partial charge in [0.25, 0.3) is 0 Å². The molecule has 0 aromatic carbocycles. The van der Waals surface area contributed by atoms with Crippen LogP contribution in [0.1, 0.15) is 71.6 Å². The molecule has 6 nitrogen and oxygen atoms in total. The number of nitrogens with one attached hydrogen (secondary N) is 1. The van der Waals surface area contributed by atoms with Crippen molar-refractivity contribution in [3.8, 4) is 0 Å². The molecule has 1 aromatic rings.